The summed E-state index contributed by atoms with van der Waals surface area (Å²) in [6.07, 6.45) is 0. The lowest BCUT2D eigenvalue weighted by Gasteiger charge is -2.09. The lowest BCUT2D eigenvalue weighted by Crippen LogP contribution is -1.97. The Hall–Kier alpha value is -2.62. The van der Waals surface area contributed by atoms with E-state index >= 15 is 0 Å². The van der Waals surface area contributed by atoms with Gasteiger partial charge in [0.2, 0.25) is 0 Å². The minimum atomic E-state index is -0.296. The third-order valence-electron chi connectivity index (χ3n) is 3.10. The van der Waals surface area contributed by atoms with E-state index in [2.05, 4.69) is 10.3 Å². The molecule has 0 amide bonds. The summed E-state index contributed by atoms with van der Waals surface area (Å²) in [5, 5.41) is 3.96. The Bertz CT molecular complexity index is 784. The van der Waals surface area contributed by atoms with Gasteiger partial charge in [-0.2, -0.15) is 0 Å². The number of fused-ring (bicyclic) bond motifs is 1. The smallest absolute Gasteiger partial charge is 0.146 e. The van der Waals surface area contributed by atoms with Crippen molar-refractivity contribution in [2.24, 2.45) is 0 Å². The Morgan fingerprint density at radius 3 is 2.75 bits per heavy atom. The van der Waals surface area contributed by atoms with Crippen LogP contribution >= 0.6 is 0 Å². The molecule has 0 spiro atoms. The molecule has 0 bridgehead atoms. The highest BCUT2D eigenvalue weighted by molar-refractivity contribution is 5.83. The van der Waals surface area contributed by atoms with Crippen LogP contribution in [0.3, 0.4) is 0 Å². The first-order valence-corrected chi connectivity index (χ1v) is 6.31. The van der Waals surface area contributed by atoms with E-state index in [0.29, 0.717) is 17.2 Å². The van der Waals surface area contributed by atoms with Gasteiger partial charge in [-0.15, -0.1) is 0 Å². The van der Waals surface area contributed by atoms with Gasteiger partial charge < -0.3 is 11.1 Å². The summed E-state index contributed by atoms with van der Waals surface area (Å²) < 4.78 is 13.7. The molecule has 0 atom stereocenters. The summed E-state index contributed by atoms with van der Waals surface area (Å²) in [4.78, 5) is 4.45. The molecule has 0 radical (unpaired) electrons. The number of nitrogens with one attached hydrogen (secondary N) is 1. The Kier molecular flexibility index (Phi) is 2.99. The van der Waals surface area contributed by atoms with Gasteiger partial charge in [0.15, 0.2) is 0 Å². The van der Waals surface area contributed by atoms with E-state index in [9.17, 15) is 4.39 Å². The van der Waals surface area contributed by atoms with Crippen LogP contribution < -0.4 is 11.1 Å². The van der Waals surface area contributed by atoms with Gasteiger partial charge in [0.25, 0.3) is 0 Å². The normalized spacial score (nSPS) is 10.7. The Labute approximate surface area is 116 Å². The lowest BCUT2D eigenvalue weighted by atomic mass is 10.2. The van der Waals surface area contributed by atoms with E-state index in [1.165, 1.54) is 6.07 Å². The number of aromatic nitrogens is 1. The van der Waals surface area contributed by atoms with Crippen molar-refractivity contribution in [3.05, 3.63) is 59.9 Å². The topological polar surface area (TPSA) is 50.9 Å². The van der Waals surface area contributed by atoms with Crippen LogP contribution in [0, 0.1) is 12.7 Å². The molecule has 0 aliphatic carbocycles. The highest BCUT2D eigenvalue weighted by Crippen LogP contribution is 2.23. The zero-order valence-electron chi connectivity index (χ0n) is 11.0. The summed E-state index contributed by atoms with van der Waals surface area (Å²) in [7, 11) is 0. The second-order valence-corrected chi connectivity index (χ2v) is 4.76. The van der Waals surface area contributed by atoms with Gasteiger partial charge in [-0.25, -0.2) is 9.37 Å². The fraction of sp³-hybridized carbons (Fsp3) is 0.0625. The molecule has 0 aliphatic rings. The van der Waals surface area contributed by atoms with Gasteiger partial charge in [-0.1, -0.05) is 6.07 Å². The first kappa shape index (κ1) is 12.4. The van der Waals surface area contributed by atoms with Crippen LogP contribution in [0.4, 0.5) is 21.6 Å². The van der Waals surface area contributed by atoms with Crippen molar-refractivity contribution in [2.75, 3.05) is 11.1 Å². The third kappa shape index (κ3) is 2.40. The maximum atomic E-state index is 13.7. The molecule has 3 aromatic rings. The largest absolute Gasteiger partial charge is 0.399 e. The summed E-state index contributed by atoms with van der Waals surface area (Å²) in [5.74, 6) is 0.307. The maximum Gasteiger partial charge on any atom is 0.146 e. The number of hydrogen-bond acceptors (Lipinski definition) is 3. The van der Waals surface area contributed by atoms with Crippen LogP contribution in [-0.4, -0.2) is 4.98 Å². The summed E-state index contributed by atoms with van der Waals surface area (Å²) >= 11 is 0. The average Bonchev–Trinajstić information content (AvgIpc) is 2.43. The van der Waals surface area contributed by atoms with Crippen molar-refractivity contribution in [1.29, 1.82) is 0 Å². The predicted octanol–water partition coefficient (Wildman–Crippen LogP) is 4.01. The van der Waals surface area contributed by atoms with E-state index < -0.39 is 0 Å². The number of halogens is 1. The van der Waals surface area contributed by atoms with E-state index in [0.717, 1.165) is 16.5 Å². The Morgan fingerprint density at radius 2 is 1.90 bits per heavy atom. The van der Waals surface area contributed by atoms with Crippen molar-refractivity contribution in [3.8, 4) is 0 Å². The molecule has 3 nitrogen and oxygen atoms in total. The molecule has 0 aliphatic heterocycles. The van der Waals surface area contributed by atoms with Crippen molar-refractivity contribution in [3.63, 3.8) is 0 Å². The molecule has 2 aromatic carbocycles. The number of anilines is 3. The number of nitrogens with two attached hydrogens (primary N) is 1. The van der Waals surface area contributed by atoms with E-state index in [1.54, 1.807) is 18.2 Å². The molecule has 0 fully saturated rings. The quantitative estimate of drug-likeness (QED) is 0.690. The van der Waals surface area contributed by atoms with Gasteiger partial charge in [-0.05, 0) is 55.0 Å². The summed E-state index contributed by atoms with van der Waals surface area (Å²) in [6, 6.07) is 14.2. The number of rotatable bonds is 2. The fourth-order valence-electron chi connectivity index (χ4n) is 2.09. The van der Waals surface area contributed by atoms with Crippen LogP contribution in [0.5, 0.6) is 0 Å². The monoisotopic (exact) mass is 267 g/mol. The zero-order valence-corrected chi connectivity index (χ0v) is 11.0. The molecule has 4 heteroatoms. The summed E-state index contributed by atoms with van der Waals surface area (Å²) in [6.45, 7) is 1.92. The standard InChI is InChI=1S/C16H14FN3/c1-10-2-5-13(17)15(8-10)20-16-7-3-11-9-12(18)4-6-14(11)19-16/h2-9H,18H2,1H3,(H,19,20). The first-order chi connectivity index (χ1) is 9.61. The Balaban J connectivity index is 1.98. The average molecular weight is 267 g/mol. The molecule has 3 rings (SSSR count). The van der Waals surface area contributed by atoms with Gasteiger partial charge in [0, 0.05) is 11.1 Å². The molecule has 1 aromatic heterocycles. The molecule has 0 saturated carbocycles. The van der Waals surface area contributed by atoms with Crippen LogP contribution in [0.2, 0.25) is 0 Å². The molecule has 100 valence electrons. The van der Waals surface area contributed by atoms with Crippen LogP contribution in [0.25, 0.3) is 10.9 Å². The van der Waals surface area contributed by atoms with Gasteiger partial charge >= 0.3 is 0 Å². The van der Waals surface area contributed by atoms with Crippen molar-refractivity contribution in [2.45, 2.75) is 6.92 Å². The second-order valence-electron chi connectivity index (χ2n) is 4.76. The zero-order chi connectivity index (χ0) is 14.1. The molecular formula is C16H14FN3. The molecular weight excluding hydrogens is 253 g/mol. The van der Waals surface area contributed by atoms with E-state index in [-0.39, 0.29) is 5.82 Å². The maximum absolute atomic E-state index is 13.7. The van der Waals surface area contributed by atoms with Crippen LogP contribution in [-0.2, 0) is 0 Å². The van der Waals surface area contributed by atoms with E-state index in [4.69, 9.17) is 5.73 Å². The number of pyridine rings is 1. The van der Waals surface area contributed by atoms with Crippen LogP contribution in [0.1, 0.15) is 5.56 Å². The first-order valence-electron chi connectivity index (χ1n) is 6.31. The number of nitrogens with zero attached hydrogens (tertiary/aromatic N) is 1. The van der Waals surface area contributed by atoms with Gasteiger partial charge in [0.05, 0.1) is 11.2 Å². The van der Waals surface area contributed by atoms with Gasteiger partial charge in [-0.3, -0.25) is 0 Å². The minimum absolute atomic E-state index is 0.296. The molecule has 1 heterocycles. The summed E-state index contributed by atoms with van der Waals surface area (Å²) in [5.41, 5.74) is 8.66. The number of benzene rings is 2. The molecule has 20 heavy (non-hydrogen) atoms. The second kappa shape index (κ2) is 4.81. The fourth-order valence-corrected chi connectivity index (χ4v) is 2.09. The molecule has 0 unspecified atom stereocenters. The van der Waals surface area contributed by atoms with Crippen LogP contribution in [0.15, 0.2) is 48.5 Å². The lowest BCUT2D eigenvalue weighted by molar-refractivity contribution is 0.631. The highest BCUT2D eigenvalue weighted by Gasteiger charge is 2.04. The number of aryl methyl sites for hydroxylation is 1. The number of nitrogen functional groups attached to an aromatic ring is 1. The number of hydrogen-bond donors (Lipinski definition) is 2. The predicted molar refractivity (Wildman–Crippen MR) is 80.6 cm³/mol. The Morgan fingerprint density at radius 1 is 1.05 bits per heavy atom. The third-order valence-corrected chi connectivity index (χ3v) is 3.10. The van der Waals surface area contributed by atoms with Crippen molar-refractivity contribution < 1.29 is 4.39 Å². The minimum Gasteiger partial charge on any atom is -0.399 e. The highest BCUT2D eigenvalue weighted by atomic mass is 19.1. The van der Waals surface area contributed by atoms with Gasteiger partial charge in [0.1, 0.15) is 11.6 Å². The SMILES string of the molecule is Cc1ccc(F)c(Nc2ccc3cc(N)ccc3n2)c1. The molecule has 0 saturated heterocycles. The van der Waals surface area contributed by atoms with E-state index in [1.807, 2.05) is 31.2 Å². The van der Waals surface area contributed by atoms with Crippen molar-refractivity contribution >= 4 is 28.1 Å². The molecule has 3 N–H and O–H groups in total. The van der Waals surface area contributed by atoms with Crippen molar-refractivity contribution in [1.82, 2.24) is 4.98 Å².